The van der Waals surface area contributed by atoms with Crippen LogP contribution in [0.5, 0.6) is 5.75 Å². The predicted molar refractivity (Wildman–Crippen MR) is 85.3 cm³/mol. The number of rotatable bonds is 5. The van der Waals surface area contributed by atoms with Crippen LogP contribution < -0.4 is 4.74 Å². The van der Waals surface area contributed by atoms with Crippen molar-refractivity contribution in [2.24, 2.45) is 0 Å². The highest BCUT2D eigenvalue weighted by Gasteiger charge is 2.20. The van der Waals surface area contributed by atoms with E-state index in [0.717, 1.165) is 17.9 Å². The first kappa shape index (κ1) is 15.9. The molecule has 0 amide bonds. The maximum Gasteiger partial charge on any atom is 0.119 e. The summed E-state index contributed by atoms with van der Waals surface area (Å²) in [6.07, 6.45) is 5.80. The highest BCUT2D eigenvalue weighted by Crippen LogP contribution is 2.25. The summed E-state index contributed by atoms with van der Waals surface area (Å²) >= 11 is 0. The van der Waals surface area contributed by atoms with Crippen molar-refractivity contribution in [2.45, 2.75) is 44.7 Å². The van der Waals surface area contributed by atoms with Gasteiger partial charge in [0, 0.05) is 24.6 Å². The molecule has 1 aliphatic rings. The lowest BCUT2D eigenvalue weighted by atomic mass is 10.1. The molecule has 1 N–H and O–H groups in total. The molecule has 3 nitrogen and oxygen atoms in total. The molecule has 1 aromatic rings. The maximum absolute atomic E-state index is 8.85. The van der Waals surface area contributed by atoms with Gasteiger partial charge in [-0.25, -0.2) is 0 Å². The van der Waals surface area contributed by atoms with Gasteiger partial charge >= 0.3 is 0 Å². The van der Waals surface area contributed by atoms with Gasteiger partial charge in [0.15, 0.2) is 0 Å². The Kier molecular flexibility index (Phi) is 6.10. The molecular formula is C18H25NO2. The van der Waals surface area contributed by atoms with Gasteiger partial charge in [-0.3, -0.25) is 4.90 Å². The summed E-state index contributed by atoms with van der Waals surface area (Å²) in [5.41, 5.74) is 2.24. The molecule has 1 fully saturated rings. The molecular weight excluding hydrogens is 262 g/mol. The van der Waals surface area contributed by atoms with Crippen LogP contribution in [0.25, 0.3) is 0 Å². The Morgan fingerprint density at radius 3 is 2.76 bits per heavy atom. The standard InChI is InChI=1S/C18H25NO2/c1-19(17-8-3-4-9-17)14-16-13-18(21-2)11-10-15(16)7-5-6-12-20/h10-11,13,17,20H,3-4,6,8-9,12,14H2,1-2H3. The molecule has 114 valence electrons. The summed E-state index contributed by atoms with van der Waals surface area (Å²) in [6.45, 7) is 1.01. The molecule has 0 atom stereocenters. The zero-order valence-electron chi connectivity index (χ0n) is 13.1. The van der Waals surface area contributed by atoms with Crippen molar-refractivity contribution in [3.8, 4) is 17.6 Å². The number of nitrogens with zero attached hydrogens (tertiary/aromatic N) is 1. The van der Waals surface area contributed by atoms with Gasteiger partial charge in [-0.15, -0.1) is 0 Å². The van der Waals surface area contributed by atoms with Gasteiger partial charge in [-0.05, 0) is 43.7 Å². The lowest BCUT2D eigenvalue weighted by Crippen LogP contribution is -2.28. The van der Waals surface area contributed by atoms with E-state index in [4.69, 9.17) is 9.84 Å². The van der Waals surface area contributed by atoms with Crippen LogP contribution in [0, 0.1) is 11.8 Å². The van der Waals surface area contributed by atoms with Gasteiger partial charge in [0.1, 0.15) is 5.75 Å². The SMILES string of the molecule is COc1ccc(C#CCCO)c(CN(C)C2CCCC2)c1. The zero-order valence-corrected chi connectivity index (χ0v) is 13.1. The van der Waals surface area contributed by atoms with Crippen molar-refractivity contribution >= 4 is 0 Å². The Bertz CT molecular complexity index is 510. The fourth-order valence-corrected chi connectivity index (χ4v) is 2.91. The average molecular weight is 287 g/mol. The van der Waals surface area contributed by atoms with E-state index in [1.54, 1.807) is 7.11 Å². The molecule has 0 aliphatic heterocycles. The second kappa shape index (κ2) is 8.07. The number of ether oxygens (including phenoxy) is 1. The molecule has 0 radical (unpaired) electrons. The van der Waals surface area contributed by atoms with Gasteiger partial charge in [0.25, 0.3) is 0 Å². The summed E-state index contributed by atoms with van der Waals surface area (Å²) in [7, 11) is 3.89. The third kappa shape index (κ3) is 4.49. The van der Waals surface area contributed by atoms with E-state index < -0.39 is 0 Å². The Labute approximate surface area is 127 Å². The number of methoxy groups -OCH3 is 1. The summed E-state index contributed by atoms with van der Waals surface area (Å²) in [4.78, 5) is 2.43. The molecule has 0 aromatic heterocycles. The number of hydrogen-bond acceptors (Lipinski definition) is 3. The molecule has 0 spiro atoms. The van der Waals surface area contributed by atoms with Crippen LogP contribution in [0.2, 0.25) is 0 Å². The first-order chi connectivity index (χ1) is 10.2. The first-order valence-electron chi connectivity index (χ1n) is 7.71. The Balaban J connectivity index is 2.16. The largest absolute Gasteiger partial charge is 0.497 e. The van der Waals surface area contributed by atoms with E-state index in [1.165, 1.54) is 31.2 Å². The average Bonchev–Trinajstić information content (AvgIpc) is 3.03. The van der Waals surface area contributed by atoms with Crippen molar-refractivity contribution < 1.29 is 9.84 Å². The topological polar surface area (TPSA) is 32.7 Å². The Morgan fingerprint density at radius 2 is 2.10 bits per heavy atom. The quantitative estimate of drug-likeness (QED) is 0.845. The molecule has 1 saturated carbocycles. The first-order valence-corrected chi connectivity index (χ1v) is 7.71. The molecule has 21 heavy (non-hydrogen) atoms. The Hall–Kier alpha value is -1.50. The summed E-state index contributed by atoms with van der Waals surface area (Å²) in [6, 6.07) is 6.73. The molecule has 1 aliphatic carbocycles. The normalized spacial score (nSPS) is 15.0. The molecule has 1 aromatic carbocycles. The minimum atomic E-state index is 0.112. The van der Waals surface area contributed by atoms with E-state index in [0.29, 0.717) is 12.5 Å². The molecule has 0 unspecified atom stereocenters. The monoisotopic (exact) mass is 287 g/mol. The maximum atomic E-state index is 8.85. The molecule has 3 heteroatoms. The van der Waals surface area contributed by atoms with Crippen molar-refractivity contribution in [3.63, 3.8) is 0 Å². The third-order valence-corrected chi connectivity index (χ3v) is 4.14. The van der Waals surface area contributed by atoms with Crippen molar-refractivity contribution in [3.05, 3.63) is 29.3 Å². The van der Waals surface area contributed by atoms with Crippen molar-refractivity contribution in [1.82, 2.24) is 4.90 Å². The highest BCUT2D eigenvalue weighted by molar-refractivity contribution is 5.45. The number of hydrogen-bond donors (Lipinski definition) is 1. The van der Waals surface area contributed by atoms with Gasteiger partial charge in [-0.2, -0.15) is 0 Å². The molecule has 2 rings (SSSR count). The van der Waals surface area contributed by atoms with E-state index in [2.05, 4.69) is 29.9 Å². The van der Waals surface area contributed by atoms with E-state index >= 15 is 0 Å². The smallest absolute Gasteiger partial charge is 0.119 e. The molecule has 0 saturated heterocycles. The number of benzene rings is 1. The number of aliphatic hydroxyl groups excluding tert-OH is 1. The lowest BCUT2D eigenvalue weighted by molar-refractivity contribution is 0.237. The molecule has 0 heterocycles. The van der Waals surface area contributed by atoms with Gasteiger partial charge in [0.05, 0.1) is 13.7 Å². The van der Waals surface area contributed by atoms with Crippen LogP contribution in [0.15, 0.2) is 18.2 Å². The predicted octanol–water partition coefficient (Wildman–Crippen LogP) is 2.80. The van der Waals surface area contributed by atoms with Gasteiger partial charge in [0.2, 0.25) is 0 Å². The van der Waals surface area contributed by atoms with E-state index in [-0.39, 0.29) is 6.61 Å². The van der Waals surface area contributed by atoms with Crippen LogP contribution in [-0.2, 0) is 6.54 Å². The van der Waals surface area contributed by atoms with Gasteiger partial charge in [-0.1, -0.05) is 24.7 Å². The van der Waals surface area contributed by atoms with Crippen molar-refractivity contribution in [1.29, 1.82) is 0 Å². The fraction of sp³-hybridized carbons (Fsp3) is 0.556. The summed E-state index contributed by atoms with van der Waals surface area (Å²) in [5.74, 6) is 7.05. The lowest BCUT2D eigenvalue weighted by Gasteiger charge is -2.24. The highest BCUT2D eigenvalue weighted by atomic mass is 16.5. The van der Waals surface area contributed by atoms with Crippen LogP contribution in [0.3, 0.4) is 0 Å². The van der Waals surface area contributed by atoms with E-state index in [9.17, 15) is 0 Å². The molecule has 0 bridgehead atoms. The van der Waals surface area contributed by atoms with Crippen LogP contribution in [-0.4, -0.2) is 36.8 Å². The second-order valence-corrected chi connectivity index (χ2v) is 5.65. The van der Waals surface area contributed by atoms with Gasteiger partial charge < -0.3 is 9.84 Å². The Morgan fingerprint density at radius 1 is 1.33 bits per heavy atom. The summed E-state index contributed by atoms with van der Waals surface area (Å²) in [5, 5.41) is 8.85. The third-order valence-electron chi connectivity index (χ3n) is 4.14. The second-order valence-electron chi connectivity index (χ2n) is 5.65. The van der Waals surface area contributed by atoms with Crippen LogP contribution in [0.4, 0.5) is 0 Å². The number of aliphatic hydroxyl groups is 1. The fourth-order valence-electron chi connectivity index (χ4n) is 2.91. The minimum Gasteiger partial charge on any atom is -0.497 e. The minimum absolute atomic E-state index is 0.112. The summed E-state index contributed by atoms with van der Waals surface area (Å²) < 4.78 is 5.34. The zero-order chi connectivity index (χ0) is 15.1. The van der Waals surface area contributed by atoms with E-state index in [1.807, 2.05) is 12.1 Å². The van der Waals surface area contributed by atoms with Crippen LogP contribution in [0.1, 0.15) is 43.2 Å². The van der Waals surface area contributed by atoms with Crippen molar-refractivity contribution in [2.75, 3.05) is 20.8 Å². The van der Waals surface area contributed by atoms with Crippen LogP contribution >= 0.6 is 0 Å².